The highest BCUT2D eigenvalue weighted by Gasteiger charge is 2.23. The smallest absolute Gasteiger partial charge is 0.127 e. The first-order chi connectivity index (χ1) is 9.11. The standard InChI is InChI=1S/C15H23NO2S/c1-12(2)13-4-6-15(7-5-13)19(17)16-10-8-14(18-3)9-11-16/h4-7,12,14H,8-11H2,1-3H3. The minimum atomic E-state index is -1.03. The lowest BCUT2D eigenvalue weighted by molar-refractivity contribution is 0.0614. The molecule has 1 aromatic carbocycles. The molecule has 0 bridgehead atoms. The van der Waals surface area contributed by atoms with Crippen LogP contribution in [0.5, 0.6) is 0 Å². The van der Waals surface area contributed by atoms with E-state index in [4.69, 9.17) is 4.74 Å². The van der Waals surface area contributed by atoms with Crippen molar-refractivity contribution in [2.24, 2.45) is 0 Å². The molecule has 0 N–H and O–H groups in total. The first-order valence-electron chi connectivity index (χ1n) is 6.91. The quantitative estimate of drug-likeness (QED) is 0.849. The maximum absolute atomic E-state index is 12.5. The third-order valence-corrected chi connectivity index (χ3v) is 5.23. The van der Waals surface area contributed by atoms with Crippen LogP contribution < -0.4 is 0 Å². The second-order valence-corrected chi connectivity index (χ2v) is 6.82. The van der Waals surface area contributed by atoms with Gasteiger partial charge in [-0.25, -0.2) is 8.51 Å². The molecule has 1 fully saturated rings. The fourth-order valence-electron chi connectivity index (χ4n) is 2.35. The van der Waals surface area contributed by atoms with Gasteiger partial charge in [0.1, 0.15) is 11.0 Å². The van der Waals surface area contributed by atoms with E-state index in [1.54, 1.807) is 7.11 Å². The summed E-state index contributed by atoms with van der Waals surface area (Å²) in [6.45, 7) is 6.02. The van der Waals surface area contributed by atoms with Crippen LogP contribution in [0.15, 0.2) is 29.2 Å². The fraction of sp³-hybridized carbons (Fsp3) is 0.600. The average molecular weight is 281 g/mol. The van der Waals surface area contributed by atoms with Gasteiger partial charge in [0.05, 0.1) is 11.0 Å². The van der Waals surface area contributed by atoms with E-state index in [9.17, 15) is 4.21 Å². The summed E-state index contributed by atoms with van der Waals surface area (Å²) in [6.07, 6.45) is 2.26. The summed E-state index contributed by atoms with van der Waals surface area (Å²) in [6, 6.07) is 8.15. The SMILES string of the molecule is COC1CCN(S(=O)c2ccc(C(C)C)cc2)CC1. The lowest BCUT2D eigenvalue weighted by atomic mass is 10.0. The van der Waals surface area contributed by atoms with Gasteiger partial charge in [-0.1, -0.05) is 26.0 Å². The van der Waals surface area contributed by atoms with Crippen molar-refractivity contribution in [3.63, 3.8) is 0 Å². The molecule has 1 atom stereocenters. The van der Waals surface area contributed by atoms with Crippen molar-refractivity contribution in [1.82, 2.24) is 4.31 Å². The number of benzene rings is 1. The predicted octanol–water partition coefficient (Wildman–Crippen LogP) is 2.94. The Morgan fingerprint density at radius 2 is 1.79 bits per heavy atom. The first-order valence-corrected chi connectivity index (χ1v) is 8.02. The van der Waals surface area contributed by atoms with Gasteiger partial charge >= 0.3 is 0 Å². The van der Waals surface area contributed by atoms with Gasteiger partial charge in [0.2, 0.25) is 0 Å². The van der Waals surface area contributed by atoms with E-state index >= 15 is 0 Å². The Hall–Kier alpha value is -0.710. The molecule has 1 heterocycles. The van der Waals surface area contributed by atoms with E-state index in [1.807, 2.05) is 16.4 Å². The Labute approximate surface area is 118 Å². The fourth-order valence-corrected chi connectivity index (χ4v) is 3.56. The number of hydrogen-bond acceptors (Lipinski definition) is 2. The zero-order valence-electron chi connectivity index (χ0n) is 12.0. The number of piperidine rings is 1. The third kappa shape index (κ3) is 3.65. The molecule has 0 aromatic heterocycles. The Bertz CT molecular complexity index is 422. The summed E-state index contributed by atoms with van der Waals surface area (Å²) in [4.78, 5) is 0.903. The average Bonchev–Trinajstić information content (AvgIpc) is 2.46. The van der Waals surface area contributed by atoms with Gasteiger partial charge in [-0.15, -0.1) is 0 Å². The predicted molar refractivity (Wildman–Crippen MR) is 78.5 cm³/mol. The van der Waals surface area contributed by atoms with Crippen molar-refractivity contribution < 1.29 is 8.95 Å². The molecule has 1 saturated heterocycles. The van der Waals surface area contributed by atoms with E-state index in [-0.39, 0.29) is 0 Å². The summed E-state index contributed by atoms with van der Waals surface area (Å²) in [5.41, 5.74) is 1.29. The molecule has 2 rings (SSSR count). The molecule has 1 aliphatic heterocycles. The molecule has 1 aliphatic rings. The van der Waals surface area contributed by atoms with Crippen molar-refractivity contribution in [3.8, 4) is 0 Å². The summed E-state index contributed by atoms with van der Waals surface area (Å²) in [5.74, 6) is 0.514. The molecule has 1 aromatic rings. The second-order valence-electron chi connectivity index (χ2n) is 5.34. The maximum Gasteiger partial charge on any atom is 0.127 e. The highest BCUT2D eigenvalue weighted by molar-refractivity contribution is 7.82. The van der Waals surface area contributed by atoms with Crippen molar-refractivity contribution >= 4 is 11.0 Å². The Kier molecular flexibility index (Phi) is 5.13. The Morgan fingerprint density at radius 3 is 2.26 bits per heavy atom. The van der Waals surface area contributed by atoms with E-state index < -0.39 is 11.0 Å². The van der Waals surface area contributed by atoms with Gasteiger partial charge in [0.15, 0.2) is 0 Å². The molecule has 1 unspecified atom stereocenters. The van der Waals surface area contributed by atoms with Crippen LogP contribution in [0, 0.1) is 0 Å². The molecular weight excluding hydrogens is 258 g/mol. The minimum Gasteiger partial charge on any atom is -0.381 e. The van der Waals surface area contributed by atoms with Crippen LogP contribution in [0.1, 0.15) is 38.2 Å². The van der Waals surface area contributed by atoms with Crippen LogP contribution in [-0.2, 0) is 15.7 Å². The first kappa shape index (κ1) is 14.7. The topological polar surface area (TPSA) is 29.5 Å². The van der Waals surface area contributed by atoms with Gasteiger partial charge in [-0.2, -0.15) is 0 Å². The lowest BCUT2D eigenvalue weighted by Gasteiger charge is -2.29. The molecule has 4 heteroatoms. The molecule has 106 valence electrons. The van der Waals surface area contributed by atoms with E-state index in [2.05, 4.69) is 26.0 Å². The number of rotatable bonds is 4. The molecule has 19 heavy (non-hydrogen) atoms. The van der Waals surface area contributed by atoms with Crippen LogP contribution in [0.2, 0.25) is 0 Å². The van der Waals surface area contributed by atoms with E-state index in [0.717, 1.165) is 30.8 Å². The third-order valence-electron chi connectivity index (χ3n) is 3.72. The highest BCUT2D eigenvalue weighted by atomic mass is 32.2. The monoisotopic (exact) mass is 281 g/mol. The number of nitrogens with zero attached hydrogens (tertiary/aromatic N) is 1. The lowest BCUT2D eigenvalue weighted by Crippen LogP contribution is -2.37. The summed E-state index contributed by atoms with van der Waals surface area (Å²) >= 11 is 0. The van der Waals surface area contributed by atoms with Gasteiger partial charge in [-0.05, 0) is 36.5 Å². The van der Waals surface area contributed by atoms with Crippen LogP contribution in [0.25, 0.3) is 0 Å². The van der Waals surface area contributed by atoms with Crippen LogP contribution in [0.4, 0.5) is 0 Å². The Morgan fingerprint density at radius 1 is 1.21 bits per heavy atom. The molecule has 3 nitrogen and oxygen atoms in total. The van der Waals surface area contributed by atoms with Gasteiger partial charge in [0.25, 0.3) is 0 Å². The molecule has 0 radical (unpaired) electrons. The van der Waals surface area contributed by atoms with Crippen molar-refractivity contribution in [1.29, 1.82) is 0 Å². The zero-order chi connectivity index (χ0) is 13.8. The zero-order valence-corrected chi connectivity index (χ0v) is 12.8. The maximum atomic E-state index is 12.5. The normalized spacial score (nSPS) is 19.8. The molecule has 0 spiro atoms. The second kappa shape index (κ2) is 6.64. The summed E-state index contributed by atoms with van der Waals surface area (Å²) in [5, 5.41) is 0. The van der Waals surface area contributed by atoms with Gasteiger partial charge < -0.3 is 4.74 Å². The number of hydrogen-bond donors (Lipinski definition) is 0. The van der Waals surface area contributed by atoms with Crippen LogP contribution in [-0.4, -0.2) is 34.8 Å². The molecule has 0 aliphatic carbocycles. The molecule has 0 amide bonds. The van der Waals surface area contributed by atoms with E-state index in [1.165, 1.54) is 5.56 Å². The van der Waals surface area contributed by atoms with Gasteiger partial charge in [-0.3, -0.25) is 0 Å². The molecular formula is C15H23NO2S. The highest BCUT2D eigenvalue weighted by Crippen LogP contribution is 2.21. The van der Waals surface area contributed by atoms with Gasteiger partial charge in [0, 0.05) is 20.2 Å². The van der Waals surface area contributed by atoms with Crippen molar-refractivity contribution in [2.45, 2.75) is 43.6 Å². The van der Waals surface area contributed by atoms with Crippen molar-refractivity contribution in [3.05, 3.63) is 29.8 Å². The summed E-state index contributed by atoms with van der Waals surface area (Å²) in [7, 11) is 0.721. The van der Waals surface area contributed by atoms with Crippen LogP contribution in [0.3, 0.4) is 0 Å². The number of methoxy groups -OCH3 is 1. The summed E-state index contributed by atoms with van der Waals surface area (Å²) < 4.78 is 19.9. The number of ether oxygens (including phenoxy) is 1. The largest absolute Gasteiger partial charge is 0.381 e. The van der Waals surface area contributed by atoms with E-state index in [0.29, 0.717) is 12.0 Å². The Balaban J connectivity index is 2.00. The minimum absolute atomic E-state index is 0.330. The van der Waals surface area contributed by atoms with Crippen molar-refractivity contribution in [2.75, 3.05) is 20.2 Å². The van der Waals surface area contributed by atoms with Crippen LogP contribution >= 0.6 is 0 Å². The molecule has 0 saturated carbocycles.